The van der Waals surface area contributed by atoms with E-state index in [1.165, 1.54) is 12.1 Å². The van der Waals surface area contributed by atoms with E-state index in [4.69, 9.17) is 4.74 Å². The standard InChI is InChI=1S/C15H12BrNO4/c16-15-12(17(19)20)7-4-8-14(15)21-10-9-13(18)11-5-2-1-3-6-11/h1-8H,9-10H2. The van der Waals surface area contributed by atoms with Crippen LogP contribution in [0.25, 0.3) is 0 Å². The molecule has 0 fully saturated rings. The molecule has 0 aliphatic carbocycles. The van der Waals surface area contributed by atoms with Gasteiger partial charge in [-0.2, -0.15) is 0 Å². The molecule has 0 heterocycles. The molecule has 0 saturated carbocycles. The third kappa shape index (κ3) is 3.88. The second kappa shape index (κ2) is 6.99. The van der Waals surface area contributed by atoms with Crippen LogP contribution in [0.1, 0.15) is 16.8 Å². The van der Waals surface area contributed by atoms with Crippen LogP contribution in [0.5, 0.6) is 5.75 Å². The number of carbonyl (C=O) groups excluding carboxylic acids is 1. The number of carbonyl (C=O) groups is 1. The molecule has 0 atom stereocenters. The van der Waals surface area contributed by atoms with Crippen molar-refractivity contribution < 1.29 is 14.5 Å². The van der Waals surface area contributed by atoms with Crippen LogP contribution >= 0.6 is 15.9 Å². The summed E-state index contributed by atoms with van der Waals surface area (Å²) in [5.74, 6) is 0.321. The number of nitro groups is 1. The predicted octanol–water partition coefficient (Wildman–Crippen LogP) is 4.01. The van der Waals surface area contributed by atoms with Crippen LogP contribution in [0, 0.1) is 10.1 Å². The normalized spacial score (nSPS) is 10.1. The van der Waals surface area contributed by atoms with Gasteiger partial charge in [-0.25, -0.2) is 0 Å². The molecule has 5 nitrogen and oxygen atoms in total. The number of nitro benzene ring substituents is 1. The van der Waals surface area contributed by atoms with Gasteiger partial charge >= 0.3 is 0 Å². The molecule has 0 saturated heterocycles. The monoisotopic (exact) mass is 349 g/mol. The Morgan fingerprint density at radius 3 is 2.52 bits per heavy atom. The summed E-state index contributed by atoms with van der Waals surface area (Å²) in [6.45, 7) is 0.160. The maximum atomic E-state index is 11.9. The van der Waals surface area contributed by atoms with Crippen LogP contribution in [-0.4, -0.2) is 17.3 Å². The van der Waals surface area contributed by atoms with E-state index in [0.29, 0.717) is 11.3 Å². The Kier molecular flexibility index (Phi) is 5.05. The van der Waals surface area contributed by atoms with Gasteiger partial charge in [0.1, 0.15) is 10.2 Å². The molecular formula is C15H12BrNO4. The first-order valence-corrected chi connectivity index (χ1v) is 7.03. The van der Waals surface area contributed by atoms with E-state index in [-0.39, 0.29) is 29.0 Å². The summed E-state index contributed by atoms with van der Waals surface area (Å²) in [6, 6.07) is 13.5. The molecule has 0 aliphatic heterocycles. The Labute approximate surface area is 129 Å². The minimum Gasteiger partial charge on any atom is -0.492 e. The third-order valence-electron chi connectivity index (χ3n) is 2.82. The number of hydrogen-bond acceptors (Lipinski definition) is 4. The van der Waals surface area contributed by atoms with Gasteiger partial charge in [0.15, 0.2) is 5.78 Å². The Balaban J connectivity index is 1.97. The Bertz CT molecular complexity index is 658. The molecule has 0 spiro atoms. The van der Waals surface area contributed by atoms with E-state index in [0.717, 1.165) is 0 Å². The maximum absolute atomic E-state index is 11.9. The van der Waals surface area contributed by atoms with Crippen molar-refractivity contribution in [3.05, 3.63) is 68.7 Å². The fourth-order valence-electron chi connectivity index (χ4n) is 1.77. The van der Waals surface area contributed by atoms with Crippen molar-refractivity contribution in [3.8, 4) is 5.75 Å². The van der Waals surface area contributed by atoms with Gasteiger partial charge in [-0.15, -0.1) is 0 Å². The Morgan fingerprint density at radius 1 is 1.14 bits per heavy atom. The molecule has 0 amide bonds. The smallest absolute Gasteiger partial charge is 0.287 e. The Morgan fingerprint density at radius 2 is 1.86 bits per heavy atom. The molecule has 2 aromatic carbocycles. The van der Waals surface area contributed by atoms with Crippen molar-refractivity contribution >= 4 is 27.4 Å². The second-order valence-corrected chi connectivity index (χ2v) is 5.03. The first-order chi connectivity index (χ1) is 10.1. The van der Waals surface area contributed by atoms with E-state index >= 15 is 0 Å². The van der Waals surface area contributed by atoms with Crippen LogP contribution in [0.15, 0.2) is 53.0 Å². The molecule has 0 aromatic heterocycles. The number of ether oxygens (including phenoxy) is 1. The summed E-state index contributed by atoms with van der Waals surface area (Å²) in [6.07, 6.45) is 0.207. The largest absolute Gasteiger partial charge is 0.492 e. The van der Waals surface area contributed by atoms with Crippen molar-refractivity contribution in [1.29, 1.82) is 0 Å². The summed E-state index contributed by atoms with van der Waals surface area (Å²) >= 11 is 3.14. The molecule has 2 aromatic rings. The average molecular weight is 350 g/mol. The fourth-order valence-corrected chi connectivity index (χ4v) is 2.30. The van der Waals surface area contributed by atoms with Gasteiger partial charge in [-0.1, -0.05) is 36.4 Å². The molecular weight excluding hydrogens is 338 g/mol. The lowest BCUT2D eigenvalue weighted by Crippen LogP contribution is -2.07. The highest BCUT2D eigenvalue weighted by atomic mass is 79.9. The highest BCUT2D eigenvalue weighted by molar-refractivity contribution is 9.10. The zero-order chi connectivity index (χ0) is 15.2. The Hall–Kier alpha value is -2.21. The van der Waals surface area contributed by atoms with Crippen molar-refractivity contribution in [2.24, 2.45) is 0 Å². The quantitative estimate of drug-likeness (QED) is 0.448. The summed E-state index contributed by atoms with van der Waals surface area (Å²) in [5, 5.41) is 10.8. The maximum Gasteiger partial charge on any atom is 0.287 e. The van der Waals surface area contributed by atoms with E-state index in [2.05, 4.69) is 15.9 Å². The van der Waals surface area contributed by atoms with Crippen LogP contribution in [0.4, 0.5) is 5.69 Å². The molecule has 0 unspecified atom stereocenters. The lowest BCUT2D eigenvalue weighted by molar-refractivity contribution is -0.385. The van der Waals surface area contributed by atoms with Crippen LogP contribution < -0.4 is 4.74 Å². The SMILES string of the molecule is O=C(CCOc1cccc([N+](=O)[O-])c1Br)c1ccccc1. The number of rotatable bonds is 6. The molecule has 0 bridgehead atoms. The summed E-state index contributed by atoms with van der Waals surface area (Å²) < 4.78 is 5.73. The number of Topliss-reactive ketones (excluding diaryl/α,β-unsaturated/α-hetero) is 1. The second-order valence-electron chi connectivity index (χ2n) is 4.23. The van der Waals surface area contributed by atoms with E-state index in [9.17, 15) is 14.9 Å². The number of halogens is 1. The topological polar surface area (TPSA) is 69.4 Å². The van der Waals surface area contributed by atoms with Crippen molar-refractivity contribution in [2.75, 3.05) is 6.61 Å². The highest BCUT2D eigenvalue weighted by Gasteiger charge is 2.16. The van der Waals surface area contributed by atoms with Crippen molar-refractivity contribution in [2.45, 2.75) is 6.42 Å². The summed E-state index contributed by atoms with van der Waals surface area (Å²) in [4.78, 5) is 22.2. The van der Waals surface area contributed by atoms with Crippen molar-refractivity contribution in [1.82, 2.24) is 0 Å². The zero-order valence-electron chi connectivity index (χ0n) is 11.0. The first-order valence-electron chi connectivity index (χ1n) is 6.23. The summed E-state index contributed by atoms with van der Waals surface area (Å²) in [7, 11) is 0. The fraction of sp³-hybridized carbons (Fsp3) is 0.133. The number of benzene rings is 2. The van der Waals surface area contributed by atoms with Gasteiger partial charge in [0.25, 0.3) is 5.69 Å². The molecule has 0 radical (unpaired) electrons. The van der Waals surface area contributed by atoms with Crippen LogP contribution in [-0.2, 0) is 0 Å². The first kappa shape index (κ1) is 15.2. The molecule has 21 heavy (non-hydrogen) atoms. The van der Waals surface area contributed by atoms with Crippen molar-refractivity contribution in [3.63, 3.8) is 0 Å². The predicted molar refractivity (Wildman–Crippen MR) is 81.7 cm³/mol. The summed E-state index contributed by atoms with van der Waals surface area (Å²) in [5.41, 5.74) is 0.557. The van der Waals surface area contributed by atoms with Crippen LogP contribution in [0.2, 0.25) is 0 Å². The van der Waals surface area contributed by atoms with Gasteiger partial charge in [0.05, 0.1) is 11.5 Å². The zero-order valence-corrected chi connectivity index (χ0v) is 12.6. The van der Waals surface area contributed by atoms with Crippen LogP contribution in [0.3, 0.4) is 0 Å². The lowest BCUT2D eigenvalue weighted by atomic mass is 10.1. The average Bonchev–Trinajstić information content (AvgIpc) is 2.49. The van der Waals surface area contributed by atoms with E-state index < -0.39 is 4.92 Å². The molecule has 2 rings (SSSR count). The van der Waals surface area contributed by atoms with E-state index in [1.807, 2.05) is 6.07 Å². The molecule has 6 heteroatoms. The lowest BCUT2D eigenvalue weighted by Gasteiger charge is -2.07. The van der Waals surface area contributed by atoms with E-state index in [1.54, 1.807) is 30.3 Å². The molecule has 0 N–H and O–H groups in total. The third-order valence-corrected chi connectivity index (χ3v) is 3.62. The highest BCUT2D eigenvalue weighted by Crippen LogP contribution is 2.33. The van der Waals surface area contributed by atoms with Gasteiger partial charge in [-0.05, 0) is 22.0 Å². The number of nitrogens with zero attached hydrogens (tertiary/aromatic N) is 1. The van der Waals surface area contributed by atoms with Gasteiger partial charge in [0, 0.05) is 18.1 Å². The molecule has 108 valence electrons. The minimum atomic E-state index is -0.494. The number of hydrogen-bond donors (Lipinski definition) is 0. The number of ketones is 1. The van der Waals surface area contributed by atoms with Gasteiger partial charge in [0.2, 0.25) is 0 Å². The minimum absolute atomic E-state index is 0.0304. The van der Waals surface area contributed by atoms with Gasteiger partial charge in [-0.3, -0.25) is 14.9 Å². The van der Waals surface area contributed by atoms with Gasteiger partial charge < -0.3 is 4.74 Å². The molecule has 0 aliphatic rings.